The maximum atomic E-state index is 9.36. The molecule has 0 heterocycles. The molecule has 1 aromatic carbocycles. The molecular weight excluding hydrogens is 222 g/mol. The zero-order valence-electron chi connectivity index (χ0n) is 9.75. The molecule has 0 aliphatic rings. The highest BCUT2D eigenvalue weighted by Crippen LogP contribution is 2.09. The molecule has 0 spiro atoms. The molecule has 1 unspecified atom stereocenters. The van der Waals surface area contributed by atoms with Gasteiger partial charge in [0.15, 0.2) is 0 Å². The van der Waals surface area contributed by atoms with Crippen molar-refractivity contribution in [1.82, 2.24) is 5.32 Å². The summed E-state index contributed by atoms with van der Waals surface area (Å²) < 4.78 is 0. The molecule has 1 atom stereocenters. The van der Waals surface area contributed by atoms with Gasteiger partial charge < -0.3 is 10.4 Å². The summed E-state index contributed by atoms with van der Waals surface area (Å²) in [5, 5.41) is 13.5. The molecule has 1 rings (SSSR count). The summed E-state index contributed by atoms with van der Waals surface area (Å²) in [4.78, 5) is 0. The van der Waals surface area contributed by atoms with E-state index in [-0.39, 0.29) is 6.10 Å². The summed E-state index contributed by atoms with van der Waals surface area (Å²) in [6.45, 7) is 3.81. The van der Waals surface area contributed by atoms with Crippen LogP contribution in [0.5, 0.6) is 0 Å². The number of aliphatic hydroxyl groups is 1. The Bertz CT molecular complexity index is 286. The van der Waals surface area contributed by atoms with Crippen molar-refractivity contribution in [3.63, 3.8) is 0 Å². The van der Waals surface area contributed by atoms with Crippen LogP contribution in [0.3, 0.4) is 0 Å². The first-order valence-corrected chi connectivity index (χ1v) is 6.23. The summed E-state index contributed by atoms with van der Waals surface area (Å²) in [5.41, 5.74) is 1.24. The van der Waals surface area contributed by atoms with Gasteiger partial charge in [-0.25, -0.2) is 0 Å². The fourth-order valence-corrected chi connectivity index (χ4v) is 1.63. The zero-order chi connectivity index (χ0) is 11.8. The number of benzene rings is 1. The summed E-state index contributed by atoms with van der Waals surface area (Å²) >= 11 is 5.80. The molecular formula is C13H20ClNO. The number of aliphatic hydroxyl groups excluding tert-OH is 1. The van der Waals surface area contributed by atoms with E-state index in [9.17, 15) is 5.11 Å². The Balaban J connectivity index is 2.09. The van der Waals surface area contributed by atoms with Crippen molar-refractivity contribution in [3.05, 3.63) is 34.9 Å². The molecule has 0 aromatic heterocycles. The SMILES string of the molecule is CCC(O)CCCNCc1ccc(Cl)cc1. The molecule has 3 heteroatoms. The molecule has 0 fully saturated rings. The van der Waals surface area contributed by atoms with Gasteiger partial charge in [-0.3, -0.25) is 0 Å². The summed E-state index contributed by atoms with van der Waals surface area (Å²) in [5.74, 6) is 0. The van der Waals surface area contributed by atoms with Crippen LogP contribution in [0.15, 0.2) is 24.3 Å². The second-order valence-electron chi connectivity index (χ2n) is 4.01. The zero-order valence-corrected chi connectivity index (χ0v) is 10.5. The van der Waals surface area contributed by atoms with Crippen LogP contribution < -0.4 is 5.32 Å². The summed E-state index contributed by atoms with van der Waals surface area (Å²) in [6.07, 6.45) is 2.60. The normalized spacial score (nSPS) is 12.7. The maximum absolute atomic E-state index is 9.36. The minimum atomic E-state index is -0.141. The van der Waals surface area contributed by atoms with Gasteiger partial charge in [0.1, 0.15) is 0 Å². The maximum Gasteiger partial charge on any atom is 0.0538 e. The van der Waals surface area contributed by atoms with Crippen LogP contribution >= 0.6 is 11.6 Å². The van der Waals surface area contributed by atoms with E-state index >= 15 is 0 Å². The Kier molecular flexibility index (Phi) is 6.46. The monoisotopic (exact) mass is 241 g/mol. The minimum Gasteiger partial charge on any atom is -0.393 e. The predicted molar refractivity (Wildman–Crippen MR) is 68.7 cm³/mol. The Labute approximate surface area is 103 Å². The van der Waals surface area contributed by atoms with Crippen molar-refractivity contribution >= 4 is 11.6 Å². The molecule has 2 N–H and O–H groups in total. The molecule has 0 saturated carbocycles. The van der Waals surface area contributed by atoms with Gasteiger partial charge in [-0.1, -0.05) is 30.7 Å². The average molecular weight is 242 g/mol. The molecule has 0 radical (unpaired) electrons. The van der Waals surface area contributed by atoms with Gasteiger partial charge in [-0.15, -0.1) is 0 Å². The van der Waals surface area contributed by atoms with Crippen LogP contribution in [-0.2, 0) is 6.54 Å². The third kappa shape index (κ3) is 5.50. The Morgan fingerprint density at radius 1 is 1.31 bits per heavy atom. The Morgan fingerprint density at radius 2 is 2.00 bits per heavy atom. The van der Waals surface area contributed by atoms with Crippen molar-refractivity contribution < 1.29 is 5.11 Å². The van der Waals surface area contributed by atoms with Gasteiger partial charge in [0.2, 0.25) is 0 Å². The van der Waals surface area contributed by atoms with E-state index in [0.717, 1.165) is 37.4 Å². The number of hydrogen-bond acceptors (Lipinski definition) is 2. The molecule has 0 aliphatic carbocycles. The van der Waals surface area contributed by atoms with E-state index in [0.29, 0.717) is 0 Å². The molecule has 0 bridgehead atoms. The van der Waals surface area contributed by atoms with E-state index in [1.54, 1.807) is 0 Å². The number of nitrogens with one attached hydrogen (secondary N) is 1. The van der Waals surface area contributed by atoms with Crippen LogP contribution in [0.1, 0.15) is 31.7 Å². The smallest absolute Gasteiger partial charge is 0.0538 e. The Hall–Kier alpha value is -0.570. The van der Waals surface area contributed by atoms with Gasteiger partial charge >= 0.3 is 0 Å². The van der Waals surface area contributed by atoms with E-state index in [2.05, 4.69) is 5.32 Å². The lowest BCUT2D eigenvalue weighted by molar-refractivity contribution is 0.157. The number of rotatable bonds is 7. The topological polar surface area (TPSA) is 32.3 Å². The highest BCUT2D eigenvalue weighted by molar-refractivity contribution is 6.30. The first kappa shape index (κ1) is 13.5. The van der Waals surface area contributed by atoms with Gasteiger partial charge in [0.25, 0.3) is 0 Å². The van der Waals surface area contributed by atoms with Crippen LogP contribution in [0.2, 0.25) is 5.02 Å². The fraction of sp³-hybridized carbons (Fsp3) is 0.538. The molecule has 0 amide bonds. The van der Waals surface area contributed by atoms with Crippen molar-refractivity contribution in [2.24, 2.45) is 0 Å². The third-order valence-corrected chi connectivity index (χ3v) is 2.86. The quantitative estimate of drug-likeness (QED) is 0.720. The van der Waals surface area contributed by atoms with Gasteiger partial charge in [0.05, 0.1) is 6.10 Å². The predicted octanol–water partition coefficient (Wildman–Crippen LogP) is 2.98. The van der Waals surface area contributed by atoms with Crippen molar-refractivity contribution in [2.75, 3.05) is 6.54 Å². The Morgan fingerprint density at radius 3 is 2.62 bits per heavy atom. The fourth-order valence-electron chi connectivity index (χ4n) is 1.50. The highest BCUT2D eigenvalue weighted by atomic mass is 35.5. The van der Waals surface area contributed by atoms with Gasteiger partial charge in [0, 0.05) is 11.6 Å². The lowest BCUT2D eigenvalue weighted by Crippen LogP contribution is -2.16. The van der Waals surface area contributed by atoms with Gasteiger partial charge in [-0.2, -0.15) is 0 Å². The number of hydrogen-bond donors (Lipinski definition) is 2. The van der Waals surface area contributed by atoms with Crippen molar-refractivity contribution in [1.29, 1.82) is 0 Å². The van der Waals surface area contributed by atoms with Crippen molar-refractivity contribution in [3.8, 4) is 0 Å². The average Bonchev–Trinajstić information content (AvgIpc) is 2.31. The van der Waals surface area contributed by atoms with E-state index in [1.165, 1.54) is 5.56 Å². The van der Waals surface area contributed by atoms with E-state index in [1.807, 2.05) is 31.2 Å². The van der Waals surface area contributed by atoms with Crippen LogP contribution in [-0.4, -0.2) is 17.8 Å². The van der Waals surface area contributed by atoms with Crippen LogP contribution in [0.4, 0.5) is 0 Å². The minimum absolute atomic E-state index is 0.141. The van der Waals surface area contributed by atoms with Crippen LogP contribution in [0, 0.1) is 0 Å². The molecule has 1 aromatic rings. The first-order chi connectivity index (χ1) is 7.72. The van der Waals surface area contributed by atoms with Crippen LogP contribution in [0.25, 0.3) is 0 Å². The molecule has 0 saturated heterocycles. The summed E-state index contributed by atoms with van der Waals surface area (Å²) in [7, 11) is 0. The molecule has 2 nitrogen and oxygen atoms in total. The standard InChI is InChI=1S/C13H20ClNO/c1-2-13(16)4-3-9-15-10-11-5-7-12(14)8-6-11/h5-8,13,15-16H,2-4,9-10H2,1H3. The van der Waals surface area contributed by atoms with E-state index < -0.39 is 0 Å². The second-order valence-corrected chi connectivity index (χ2v) is 4.44. The van der Waals surface area contributed by atoms with Crippen molar-refractivity contribution in [2.45, 2.75) is 38.8 Å². The number of halogens is 1. The molecule has 90 valence electrons. The largest absolute Gasteiger partial charge is 0.393 e. The van der Waals surface area contributed by atoms with Gasteiger partial charge in [-0.05, 0) is 43.5 Å². The van der Waals surface area contributed by atoms with E-state index in [4.69, 9.17) is 11.6 Å². The third-order valence-electron chi connectivity index (χ3n) is 2.60. The lowest BCUT2D eigenvalue weighted by Gasteiger charge is -2.08. The summed E-state index contributed by atoms with van der Waals surface area (Å²) in [6, 6.07) is 7.85. The lowest BCUT2D eigenvalue weighted by atomic mass is 10.1. The molecule has 0 aliphatic heterocycles. The second kappa shape index (κ2) is 7.66. The highest BCUT2D eigenvalue weighted by Gasteiger charge is 1.99. The first-order valence-electron chi connectivity index (χ1n) is 5.85. The molecule has 16 heavy (non-hydrogen) atoms.